The summed E-state index contributed by atoms with van der Waals surface area (Å²) < 4.78 is 0. The lowest BCUT2D eigenvalue weighted by molar-refractivity contribution is 0.629. The Labute approximate surface area is 72.2 Å². The van der Waals surface area contributed by atoms with Crippen molar-refractivity contribution in [1.82, 2.24) is 15.3 Å². The van der Waals surface area contributed by atoms with E-state index in [9.17, 15) is 0 Å². The average Bonchev–Trinajstić information content (AvgIpc) is 2.90. The normalized spacial score (nSPS) is 16.3. The van der Waals surface area contributed by atoms with Gasteiger partial charge in [0, 0.05) is 12.7 Å². The molecule has 1 saturated carbocycles. The van der Waals surface area contributed by atoms with Gasteiger partial charge in [-0.15, -0.1) is 0 Å². The van der Waals surface area contributed by atoms with Crippen LogP contribution < -0.4 is 5.32 Å². The number of nitrogens with one attached hydrogen (secondary N) is 1. The second-order valence-electron chi connectivity index (χ2n) is 3.27. The Hall–Kier alpha value is -0.960. The molecule has 1 heterocycles. The zero-order valence-corrected chi connectivity index (χ0v) is 7.03. The molecule has 0 spiro atoms. The predicted molar refractivity (Wildman–Crippen MR) is 46.5 cm³/mol. The molecule has 1 aromatic heterocycles. The van der Waals surface area contributed by atoms with Crippen LogP contribution in [0.4, 0.5) is 0 Å². The minimum Gasteiger partial charge on any atom is -0.311 e. The summed E-state index contributed by atoms with van der Waals surface area (Å²) in [6, 6.07) is 1.94. The van der Waals surface area contributed by atoms with Crippen molar-refractivity contribution in [2.24, 2.45) is 5.92 Å². The van der Waals surface area contributed by atoms with Gasteiger partial charge in [-0.2, -0.15) is 0 Å². The van der Waals surface area contributed by atoms with Crippen molar-refractivity contribution in [3.05, 3.63) is 24.3 Å². The standard InChI is InChI=1S/C9H13N3/c1-2-8(1)5-11-6-9-3-4-10-7-12-9/h3-4,7-8,11H,1-2,5-6H2. The molecule has 0 aliphatic heterocycles. The molecule has 1 aliphatic rings. The number of nitrogens with zero attached hydrogens (tertiary/aromatic N) is 2. The van der Waals surface area contributed by atoms with Gasteiger partial charge in [0.1, 0.15) is 6.33 Å². The molecule has 1 N–H and O–H groups in total. The summed E-state index contributed by atoms with van der Waals surface area (Å²) >= 11 is 0. The van der Waals surface area contributed by atoms with Crippen molar-refractivity contribution in [3.8, 4) is 0 Å². The molecule has 0 atom stereocenters. The molecular weight excluding hydrogens is 150 g/mol. The lowest BCUT2D eigenvalue weighted by atomic mass is 10.3. The van der Waals surface area contributed by atoms with Crippen LogP contribution >= 0.6 is 0 Å². The molecular formula is C9H13N3. The first-order valence-corrected chi connectivity index (χ1v) is 4.41. The fourth-order valence-corrected chi connectivity index (χ4v) is 1.15. The van der Waals surface area contributed by atoms with Crippen LogP contribution in [0.1, 0.15) is 18.5 Å². The van der Waals surface area contributed by atoms with Gasteiger partial charge in [0.2, 0.25) is 0 Å². The summed E-state index contributed by atoms with van der Waals surface area (Å²) in [5, 5.41) is 3.37. The topological polar surface area (TPSA) is 37.8 Å². The molecule has 1 fully saturated rings. The Bertz CT molecular complexity index is 231. The van der Waals surface area contributed by atoms with Gasteiger partial charge in [0.25, 0.3) is 0 Å². The van der Waals surface area contributed by atoms with Crippen molar-refractivity contribution in [1.29, 1.82) is 0 Å². The van der Waals surface area contributed by atoms with Gasteiger partial charge < -0.3 is 5.32 Å². The Morgan fingerprint density at radius 1 is 1.50 bits per heavy atom. The van der Waals surface area contributed by atoms with Crippen molar-refractivity contribution in [2.45, 2.75) is 19.4 Å². The maximum atomic E-state index is 4.12. The first kappa shape index (κ1) is 7.68. The van der Waals surface area contributed by atoms with E-state index in [1.54, 1.807) is 12.5 Å². The summed E-state index contributed by atoms with van der Waals surface area (Å²) in [5.74, 6) is 0.937. The molecule has 0 amide bonds. The highest BCUT2D eigenvalue weighted by atomic mass is 14.9. The van der Waals surface area contributed by atoms with E-state index in [0.717, 1.165) is 24.7 Å². The third kappa shape index (κ3) is 2.27. The van der Waals surface area contributed by atoms with Gasteiger partial charge in [0.05, 0.1) is 5.69 Å². The number of aromatic nitrogens is 2. The third-order valence-corrected chi connectivity index (χ3v) is 2.08. The van der Waals surface area contributed by atoms with E-state index in [-0.39, 0.29) is 0 Å². The van der Waals surface area contributed by atoms with Gasteiger partial charge in [-0.05, 0) is 31.4 Å². The predicted octanol–water partition coefficient (Wildman–Crippen LogP) is 0.976. The first-order chi connectivity index (χ1) is 5.95. The monoisotopic (exact) mass is 163 g/mol. The lowest BCUT2D eigenvalue weighted by Gasteiger charge is -2.01. The smallest absolute Gasteiger partial charge is 0.115 e. The second-order valence-corrected chi connectivity index (χ2v) is 3.27. The number of rotatable bonds is 4. The Kier molecular flexibility index (Phi) is 2.32. The van der Waals surface area contributed by atoms with Gasteiger partial charge in [-0.25, -0.2) is 9.97 Å². The SMILES string of the molecule is c1cc(CNCC2CC2)ncn1. The quantitative estimate of drug-likeness (QED) is 0.719. The van der Waals surface area contributed by atoms with Crippen molar-refractivity contribution < 1.29 is 0 Å². The maximum Gasteiger partial charge on any atom is 0.115 e. The van der Waals surface area contributed by atoms with E-state index in [1.807, 2.05) is 6.07 Å². The fourth-order valence-electron chi connectivity index (χ4n) is 1.15. The van der Waals surface area contributed by atoms with E-state index >= 15 is 0 Å². The van der Waals surface area contributed by atoms with Crippen molar-refractivity contribution in [2.75, 3.05) is 6.54 Å². The lowest BCUT2D eigenvalue weighted by Crippen LogP contribution is -2.16. The van der Waals surface area contributed by atoms with Crippen LogP contribution in [0.15, 0.2) is 18.6 Å². The Morgan fingerprint density at radius 3 is 3.08 bits per heavy atom. The molecule has 0 bridgehead atoms. The number of hydrogen-bond donors (Lipinski definition) is 1. The molecule has 1 aromatic rings. The number of hydrogen-bond acceptors (Lipinski definition) is 3. The van der Waals surface area contributed by atoms with Gasteiger partial charge in [0.15, 0.2) is 0 Å². The van der Waals surface area contributed by atoms with E-state index in [4.69, 9.17) is 0 Å². The molecule has 12 heavy (non-hydrogen) atoms. The van der Waals surface area contributed by atoms with Gasteiger partial charge in [-0.3, -0.25) is 0 Å². The molecule has 2 rings (SSSR count). The average molecular weight is 163 g/mol. The van der Waals surface area contributed by atoms with Crippen LogP contribution in [0.2, 0.25) is 0 Å². The zero-order valence-electron chi connectivity index (χ0n) is 7.03. The van der Waals surface area contributed by atoms with Gasteiger partial charge >= 0.3 is 0 Å². The van der Waals surface area contributed by atoms with Crippen molar-refractivity contribution >= 4 is 0 Å². The van der Waals surface area contributed by atoms with Crippen LogP contribution in [0.3, 0.4) is 0 Å². The fraction of sp³-hybridized carbons (Fsp3) is 0.556. The molecule has 3 nitrogen and oxygen atoms in total. The Balaban J connectivity index is 1.72. The Morgan fingerprint density at radius 2 is 2.42 bits per heavy atom. The summed E-state index contributed by atoms with van der Waals surface area (Å²) in [5.41, 5.74) is 1.07. The minimum atomic E-state index is 0.874. The molecule has 0 saturated heterocycles. The largest absolute Gasteiger partial charge is 0.311 e. The second kappa shape index (κ2) is 3.63. The molecule has 0 aromatic carbocycles. The van der Waals surface area contributed by atoms with Crippen LogP contribution in [-0.2, 0) is 6.54 Å². The zero-order chi connectivity index (χ0) is 8.23. The summed E-state index contributed by atoms with van der Waals surface area (Å²) in [7, 11) is 0. The van der Waals surface area contributed by atoms with Gasteiger partial charge in [-0.1, -0.05) is 0 Å². The minimum absolute atomic E-state index is 0.874. The third-order valence-electron chi connectivity index (χ3n) is 2.08. The molecule has 3 heteroatoms. The highest BCUT2D eigenvalue weighted by Crippen LogP contribution is 2.27. The van der Waals surface area contributed by atoms with E-state index in [2.05, 4.69) is 15.3 Å². The summed E-state index contributed by atoms with van der Waals surface area (Å²) in [6.07, 6.45) is 6.17. The molecule has 64 valence electrons. The van der Waals surface area contributed by atoms with Crippen LogP contribution in [0.5, 0.6) is 0 Å². The molecule has 0 radical (unpaired) electrons. The van der Waals surface area contributed by atoms with E-state index in [0.29, 0.717) is 0 Å². The first-order valence-electron chi connectivity index (χ1n) is 4.41. The van der Waals surface area contributed by atoms with Crippen LogP contribution in [0, 0.1) is 5.92 Å². The van der Waals surface area contributed by atoms with Crippen LogP contribution in [-0.4, -0.2) is 16.5 Å². The van der Waals surface area contributed by atoms with Crippen molar-refractivity contribution in [3.63, 3.8) is 0 Å². The highest BCUT2D eigenvalue weighted by Gasteiger charge is 2.19. The summed E-state index contributed by atoms with van der Waals surface area (Å²) in [4.78, 5) is 7.98. The van der Waals surface area contributed by atoms with E-state index < -0.39 is 0 Å². The molecule has 1 aliphatic carbocycles. The van der Waals surface area contributed by atoms with E-state index in [1.165, 1.54) is 12.8 Å². The maximum absolute atomic E-state index is 4.12. The van der Waals surface area contributed by atoms with Crippen LogP contribution in [0.25, 0.3) is 0 Å². The summed E-state index contributed by atoms with van der Waals surface area (Å²) in [6.45, 7) is 2.02. The molecule has 0 unspecified atom stereocenters. The highest BCUT2D eigenvalue weighted by molar-refractivity contribution is 4.97.